The van der Waals surface area contributed by atoms with Gasteiger partial charge in [0.25, 0.3) is 0 Å². The Kier molecular flexibility index (Phi) is 2.33. The number of nitrogens with zero attached hydrogens (tertiary/aromatic N) is 5. The van der Waals surface area contributed by atoms with Crippen LogP contribution in [0.3, 0.4) is 0 Å². The van der Waals surface area contributed by atoms with Gasteiger partial charge in [0.2, 0.25) is 0 Å². The van der Waals surface area contributed by atoms with E-state index in [0.717, 1.165) is 38.2 Å². The fourth-order valence-electron chi connectivity index (χ4n) is 3.25. The largest absolute Gasteiger partial charge is 0.350 e. The second-order valence-electron chi connectivity index (χ2n) is 5.40. The number of rotatable bonds is 1. The van der Waals surface area contributed by atoms with Crippen molar-refractivity contribution in [3.63, 3.8) is 0 Å². The summed E-state index contributed by atoms with van der Waals surface area (Å²) in [4.78, 5) is 15.8. The second-order valence-corrected chi connectivity index (χ2v) is 5.40. The summed E-state index contributed by atoms with van der Waals surface area (Å²) in [5, 5.41) is 0. The Labute approximate surface area is 112 Å². The Morgan fingerprint density at radius 3 is 2.95 bits per heavy atom. The highest BCUT2D eigenvalue weighted by Gasteiger charge is 2.25. The third-order valence-electron chi connectivity index (χ3n) is 4.26. The van der Waals surface area contributed by atoms with Gasteiger partial charge in [-0.05, 0) is 19.3 Å². The van der Waals surface area contributed by atoms with E-state index in [-0.39, 0.29) is 0 Å². The molecule has 1 aliphatic carbocycles. The van der Waals surface area contributed by atoms with Gasteiger partial charge in [-0.1, -0.05) is 0 Å². The van der Waals surface area contributed by atoms with Gasteiger partial charge in [0, 0.05) is 37.0 Å². The molecule has 19 heavy (non-hydrogen) atoms. The Bertz CT molecular complexity index is 631. The number of hydrogen-bond acceptors (Lipinski definition) is 4. The Hall–Kier alpha value is -1.91. The number of hydrogen-bond donors (Lipinski definition) is 0. The van der Waals surface area contributed by atoms with Crippen LogP contribution >= 0.6 is 0 Å². The molecule has 5 heteroatoms. The van der Waals surface area contributed by atoms with Gasteiger partial charge >= 0.3 is 0 Å². The zero-order valence-corrected chi connectivity index (χ0v) is 11.1. The molecule has 2 aromatic rings. The minimum absolute atomic E-state index is 0.875. The van der Waals surface area contributed by atoms with E-state index < -0.39 is 0 Å². The Morgan fingerprint density at radius 2 is 2.00 bits per heavy atom. The zero-order valence-electron chi connectivity index (χ0n) is 11.1. The highest BCUT2D eigenvalue weighted by molar-refractivity contribution is 5.51. The molecule has 0 amide bonds. The number of aromatic nitrogens is 4. The molecule has 2 aromatic heterocycles. The lowest BCUT2D eigenvalue weighted by atomic mass is 10.1. The fraction of sp³-hybridized carbons (Fsp3) is 0.500. The van der Waals surface area contributed by atoms with Crippen molar-refractivity contribution in [2.45, 2.75) is 32.2 Å². The minimum atomic E-state index is 0.875. The first-order chi connectivity index (χ1) is 9.33. The van der Waals surface area contributed by atoms with E-state index in [0.29, 0.717) is 0 Å². The normalized spacial score (nSPS) is 17.4. The van der Waals surface area contributed by atoms with Gasteiger partial charge in [0.1, 0.15) is 12.1 Å². The monoisotopic (exact) mass is 255 g/mol. The third kappa shape index (κ3) is 1.64. The SMILES string of the molecule is Cn1cnc2c1CCN(c1ncnc3c1CCC3)C2. The first-order valence-electron chi connectivity index (χ1n) is 6.89. The zero-order chi connectivity index (χ0) is 12.8. The summed E-state index contributed by atoms with van der Waals surface area (Å²) in [6.07, 6.45) is 8.12. The predicted octanol–water partition coefficient (Wildman–Crippen LogP) is 1.26. The van der Waals surface area contributed by atoms with E-state index in [1.54, 1.807) is 6.33 Å². The quantitative estimate of drug-likeness (QED) is 0.769. The predicted molar refractivity (Wildman–Crippen MR) is 72.0 cm³/mol. The third-order valence-corrected chi connectivity index (χ3v) is 4.26. The van der Waals surface area contributed by atoms with Gasteiger partial charge in [0.15, 0.2) is 0 Å². The molecule has 1 aliphatic heterocycles. The van der Waals surface area contributed by atoms with Crippen LogP contribution in [-0.4, -0.2) is 26.1 Å². The van der Waals surface area contributed by atoms with Crippen LogP contribution in [-0.2, 0) is 32.9 Å². The fourth-order valence-corrected chi connectivity index (χ4v) is 3.25. The maximum Gasteiger partial charge on any atom is 0.135 e. The lowest BCUT2D eigenvalue weighted by Gasteiger charge is -2.29. The van der Waals surface area contributed by atoms with E-state index in [2.05, 4.69) is 31.5 Å². The van der Waals surface area contributed by atoms with Crippen LogP contribution in [0.5, 0.6) is 0 Å². The molecule has 0 unspecified atom stereocenters. The number of fused-ring (bicyclic) bond motifs is 2. The molecule has 0 aromatic carbocycles. The molecule has 0 saturated heterocycles. The van der Waals surface area contributed by atoms with Crippen molar-refractivity contribution in [3.8, 4) is 0 Å². The van der Waals surface area contributed by atoms with Crippen LogP contribution in [0.15, 0.2) is 12.7 Å². The van der Waals surface area contributed by atoms with Crippen molar-refractivity contribution >= 4 is 5.82 Å². The maximum atomic E-state index is 4.53. The summed E-state index contributed by atoms with van der Waals surface area (Å²) < 4.78 is 2.14. The molecular formula is C14H17N5. The molecule has 0 spiro atoms. The summed E-state index contributed by atoms with van der Waals surface area (Å²) in [7, 11) is 2.07. The van der Waals surface area contributed by atoms with Gasteiger partial charge in [-0.25, -0.2) is 15.0 Å². The molecule has 0 saturated carbocycles. The molecule has 0 bridgehead atoms. The minimum Gasteiger partial charge on any atom is -0.350 e. The van der Waals surface area contributed by atoms with Gasteiger partial charge in [0.05, 0.1) is 18.6 Å². The molecule has 0 atom stereocenters. The van der Waals surface area contributed by atoms with Crippen LogP contribution in [0.1, 0.15) is 29.1 Å². The molecule has 2 aliphatic rings. The highest BCUT2D eigenvalue weighted by atomic mass is 15.2. The summed E-state index contributed by atoms with van der Waals surface area (Å²) in [6.45, 7) is 1.90. The van der Waals surface area contributed by atoms with Crippen molar-refractivity contribution in [3.05, 3.63) is 35.3 Å². The van der Waals surface area contributed by atoms with E-state index in [1.165, 1.54) is 29.1 Å². The molecule has 0 fully saturated rings. The summed E-state index contributed by atoms with van der Waals surface area (Å²) in [5.74, 6) is 1.14. The van der Waals surface area contributed by atoms with Crippen molar-refractivity contribution in [1.82, 2.24) is 19.5 Å². The van der Waals surface area contributed by atoms with E-state index in [1.807, 2.05) is 6.33 Å². The first kappa shape index (κ1) is 11.0. The van der Waals surface area contributed by atoms with Gasteiger partial charge in [-0.2, -0.15) is 0 Å². The summed E-state index contributed by atoms with van der Waals surface area (Å²) in [5.41, 5.74) is 5.17. The van der Waals surface area contributed by atoms with E-state index in [9.17, 15) is 0 Å². The number of imidazole rings is 1. The van der Waals surface area contributed by atoms with Gasteiger partial charge in [-0.3, -0.25) is 0 Å². The van der Waals surface area contributed by atoms with Crippen molar-refractivity contribution < 1.29 is 0 Å². The first-order valence-corrected chi connectivity index (χ1v) is 6.89. The molecule has 0 N–H and O–H groups in total. The lowest BCUT2D eigenvalue weighted by Crippen LogP contribution is -2.32. The van der Waals surface area contributed by atoms with Crippen LogP contribution < -0.4 is 4.90 Å². The van der Waals surface area contributed by atoms with Crippen molar-refractivity contribution in [2.24, 2.45) is 7.05 Å². The summed E-state index contributed by atoms with van der Waals surface area (Å²) >= 11 is 0. The van der Waals surface area contributed by atoms with Crippen LogP contribution in [0.4, 0.5) is 5.82 Å². The standard InChI is InChI=1S/C14H17N5/c1-18-9-17-12-7-19(6-5-13(12)18)14-10-3-2-4-11(10)15-8-16-14/h8-9H,2-7H2,1H3. The van der Waals surface area contributed by atoms with Gasteiger partial charge < -0.3 is 9.47 Å². The smallest absolute Gasteiger partial charge is 0.135 e. The molecule has 98 valence electrons. The second kappa shape index (κ2) is 4.05. The van der Waals surface area contributed by atoms with Crippen molar-refractivity contribution in [1.29, 1.82) is 0 Å². The van der Waals surface area contributed by atoms with E-state index in [4.69, 9.17) is 0 Å². The van der Waals surface area contributed by atoms with Crippen LogP contribution in [0, 0.1) is 0 Å². The van der Waals surface area contributed by atoms with Crippen molar-refractivity contribution in [2.75, 3.05) is 11.4 Å². The number of anilines is 1. The molecule has 0 radical (unpaired) electrons. The Morgan fingerprint density at radius 1 is 1.05 bits per heavy atom. The molecule has 5 nitrogen and oxygen atoms in total. The van der Waals surface area contributed by atoms with E-state index >= 15 is 0 Å². The molecular weight excluding hydrogens is 238 g/mol. The number of aryl methyl sites for hydroxylation is 2. The molecule has 4 rings (SSSR count). The average Bonchev–Trinajstić information content (AvgIpc) is 3.05. The summed E-state index contributed by atoms with van der Waals surface area (Å²) in [6, 6.07) is 0. The van der Waals surface area contributed by atoms with Crippen LogP contribution in [0.2, 0.25) is 0 Å². The lowest BCUT2D eigenvalue weighted by molar-refractivity contribution is 0.672. The topological polar surface area (TPSA) is 46.8 Å². The van der Waals surface area contributed by atoms with Crippen LogP contribution in [0.25, 0.3) is 0 Å². The molecule has 3 heterocycles. The highest BCUT2D eigenvalue weighted by Crippen LogP contribution is 2.30. The van der Waals surface area contributed by atoms with Gasteiger partial charge in [-0.15, -0.1) is 0 Å². The Balaban J connectivity index is 1.70. The average molecular weight is 255 g/mol. The maximum absolute atomic E-state index is 4.53.